The van der Waals surface area contributed by atoms with Gasteiger partial charge in [-0.25, -0.2) is 9.49 Å². The van der Waals surface area contributed by atoms with Crippen LogP contribution in [0.5, 0.6) is 0 Å². The predicted octanol–water partition coefficient (Wildman–Crippen LogP) is 3.48. The molecule has 0 saturated carbocycles. The number of nitrogens with zero attached hydrogens (tertiary/aromatic N) is 2. The summed E-state index contributed by atoms with van der Waals surface area (Å²) in [7, 11) is 1.63. The Kier molecular flexibility index (Phi) is 4.58. The summed E-state index contributed by atoms with van der Waals surface area (Å²) in [5, 5.41) is 11.5. The molecule has 1 aromatic heterocycles. The summed E-state index contributed by atoms with van der Waals surface area (Å²) in [6.07, 6.45) is -4.05. The van der Waals surface area contributed by atoms with E-state index in [1.165, 1.54) is 12.1 Å². The van der Waals surface area contributed by atoms with Crippen molar-refractivity contribution in [3.8, 4) is 0 Å². The van der Waals surface area contributed by atoms with Crippen LogP contribution in [0.3, 0.4) is 0 Å². The molecule has 0 amide bonds. The van der Waals surface area contributed by atoms with Crippen LogP contribution in [0.2, 0.25) is 0 Å². The molecular formula is C16H16F4N6. The van der Waals surface area contributed by atoms with Gasteiger partial charge in [-0.3, -0.25) is 0 Å². The molecule has 0 saturated heterocycles. The third-order valence-corrected chi connectivity index (χ3v) is 3.87. The van der Waals surface area contributed by atoms with Crippen molar-refractivity contribution in [2.24, 2.45) is 0 Å². The van der Waals surface area contributed by atoms with E-state index in [9.17, 15) is 17.6 Å². The predicted molar refractivity (Wildman–Crippen MR) is 91.0 cm³/mol. The zero-order valence-corrected chi connectivity index (χ0v) is 13.7. The summed E-state index contributed by atoms with van der Waals surface area (Å²) in [5.41, 5.74) is 4.61. The fourth-order valence-corrected chi connectivity index (χ4v) is 2.76. The van der Waals surface area contributed by atoms with E-state index in [0.717, 1.165) is 6.08 Å². The van der Waals surface area contributed by atoms with E-state index in [0.29, 0.717) is 5.69 Å². The van der Waals surface area contributed by atoms with Crippen molar-refractivity contribution in [1.82, 2.24) is 15.2 Å². The number of aromatic amines is 1. The topological polar surface area (TPSA) is 91.7 Å². The summed E-state index contributed by atoms with van der Waals surface area (Å²) in [5.74, 6) is -0.864. The number of benzene rings is 1. The average Bonchev–Trinajstić information content (AvgIpc) is 2.98. The maximum Gasteiger partial charge on any atom is 0.416 e. The second kappa shape index (κ2) is 6.70. The molecule has 26 heavy (non-hydrogen) atoms. The number of anilines is 3. The SMILES string of the molecule is CNc1cccc(C2=C(F)CC(Nc3n[nH]c(N)n3)C=C2C(F)(F)F)c1. The number of nitrogens with one attached hydrogen (secondary N) is 3. The highest BCUT2D eigenvalue weighted by Gasteiger charge is 2.41. The number of allylic oxidation sites excluding steroid dienone is 2. The van der Waals surface area contributed by atoms with Gasteiger partial charge in [0.1, 0.15) is 5.83 Å². The molecule has 3 rings (SSSR count). The molecule has 2 aromatic rings. The van der Waals surface area contributed by atoms with Gasteiger partial charge in [-0.2, -0.15) is 18.2 Å². The van der Waals surface area contributed by atoms with Crippen molar-refractivity contribution in [3.05, 3.63) is 47.3 Å². The number of hydrogen-bond donors (Lipinski definition) is 4. The van der Waals surface area contributed by atoms with Crippen LogP contribution < -0.4 is 16.4 Å². The van der Waals surface area contributed by atoms with Gasteiger partial charge in [0, 0.05) is 24.7 Å². The van der Waals surface area contributed by atoms with Gasteiger partial charge in [0.05, 0.1) is 11.6 Å². The fourth-order valence-electron chi connectivity index (χ4n) is 2.76. The largest absolute Gasteiger partial charge is 0.416 e. The minimum Gasteiger partial charge on any atom is -0.388 e. The molecule has 6 nitrogen and oxygen atoms in total. The summed E-state index contributed by atoms with van der Waals surface area (Å²) in [4.78, 5) is 3.76. The number of aromatic nitrogens is 3. The normalized spacial score (nSPS) is 17.9. The highest BCUT2D eigenvalue weighted by molar-refractivity contribution is 5.84. The maximum absolute atomic E-state index is 14.7. The second-order valence-corrected chi connectivity index (χ2v) is 5.69. The number of nitrogen functional groups attached to an aromatic ring is 1. The standard InChI is InChI=1S/C16H16F4N6/c1-22-9-4-2-3-8(5-9)13-11(16(18,19)20)6-10(7-12(13)17)23-15-24-14(21)25-26-15/h2-6,10,22H,7H2,1H3,(H4,21,23,24,25,26). The van der Waals surface area contributed by atoms with Crippen LogP contribution >= 0.6 is 0 Å². The van der Waals surface area contributed by atoms with Crippen molar-refractivity contribution in [2.45, 2.75) is 18.6 Å². The van der Waals surface area contributed by atoms with Crippen LogP contribution in [0.1, 0.15) is 12.0 Å². The molecule has 1 aliphatic carbocycles. The van der Waals surface area contributed by atoms with Crippen molar-refractivity contribution >= 4 is 23.2 Å². The fraction of sp³-hybridized carbons (Fsp3) is 0.250. The van der Waals surface area contributed by atoms with E-state index in [-0.39, 0.29) is 23.9 Å². The van der Waals surface area contributed by atoms with Gasteiger partial charge in [0.15, 0.2) is 0 Å². The quantitative estimate of drug-likeness (QED) is 0.620. The molecule has 0 radical (unpaired) electrons. The highest BCUT2D eigenvalue weighted by Crippen LogP contribution is 2.43. The van der Waals surface area contributed by atoms with Crippen LogP contribution in [0.4, 0.5) is 35.1 Å². The number of rotatable bonds is 4. The maximum atomic E-state index is 14.7. The smallest absolute Gasteiger partial charge is 0.388 e. The Balaban J connectivity index is 1.98. The Morgan fingerprint density at radius 2 is 2.08 bits per heavy atom. The lowest BCUT2D eigenvalue weighted by atomic mass is 9.88. The zero-order valence-electron chi connectivity index (χ0n) is 13.7. The highest BCUT2D eigenvalue weighted by atomic mass is 19.4. The van der Waals surface area contributed by atoms with E-state index in [1.54, 1.807) is 19.2 Å². The Morgan fingerprint density at radius 3 is 2.69 bits per heavy atom. The lowest BCUT2D eigenvalue weighted by molar-refractivity contribution is -0.0877. The molecule has 0 spiro atoms. The Hall–Kier alpha value is -3.04. The van der Waals surface area contributed by atoms with E-state index in [2.05, 4.69) is 25.8 Å². The third-order valence-electron chi connectivity index (χ3n) is 3.87. The summed E-state index contributed by atoms with van der Waals surface area (Å²) in [6.45, 7) is 0. The molecule has 1 aromatic carbocycles. The van der Waals surface area contributed by atoms with Crippen molar-refractivity contribution < 1.29 is 17.6 Å². The molecule has 1 atom stereocenters. The zero-order chi connectivity index (χ0) is 18.9. The first-order valence-corrected chi connectivity index (χ1v) is 7.68. The second-order valence-electron chi connectivity index (χ2n) is 5.69. The Bertz CT molecular complexity index is 868. The molecule has 0 aliphatic heterocycles. The summed E-state index contributed by atoms with van der Waals surface area (Å²) < 4.78 is 55.5. The number of hydrogen-bond acceptors (Lipinski definition) is 5. The monoisotopic (exact) mass is 368 g/mol. The van der Waals surface area contributed by atoms with Crippen LogP contribution in [-0.2, 0) is 0 Å². The van der Waals surface area contributed by atoms with Gasteiger partial charge < -0.3 is 16.4 Å². The molecule has 0 fully saturated rings. The first kappa shape index (κ1) is 17.8. The van der Waals surface area contributed by atoms with E-state index >= 15 is 0 Å². The number of alkyl halides is 3. The molecule has 5 N–H and O–H groups in total. The molecule has 0 bridgehead atoms. The summed E-state index contributed by atoms with van der Waals surface area (Å²) >= 11 is 0. The van der Waals surface area contributed by atoms with Crippen molar-refractivity contribution in [1.29, 1.82) is 0 Å². The van der Waals surface area contributed by atoms with E-state index in [4.69, 9.17) is 5.73 Å². The minimum absolute atomic E-state index is 0.00120. The van der Waals surface area contributed by atoms with Crippen LogP contribution in [0.25, 0.3) is 5.57 Å². The lowest BCUT2D eigenvalue weighted by Gasteiger charge is -2.25. The molecular weight excluding hydrogens is 352 g/mol. The van der Waals surface area contributed by atoms with Crippen molar-refractivity contribution in [3.63, 3.8) is 0 Å². The van der Waals surface area contributed by atoms with Gasteiger partial charge in [-0.1, -0.05) is 12.1 Å². The molecule has 1 heterocycles. The number of halogens is 4. The first-order valence-electron chi connectivity index (χ1n) is 7.68. The van der Waals surface area contributed by atoms with Crippen molar-refractivity contribution in [2.75, 3.05) is 23.4 Å². The van der Waals surface area contributed by atoms with Gasteiger partial charge in [0.25, 0.3) is 0 Å². The van der Waals surface area contributed by atoms with Gasteiger partial charge in [-0.05, 0) is 23.8 Å². The van der Waals surface area contributed by atoms with E-state index in [1.807, 2.05) is 0 Å². The van der Waals surface area contributed by atoms with Gasteiger partial charge >= 0.3 is 6.18 Å². The van der Waals surface area contributed by atoms with Gasteiger partial charge in [-0.15, -0.1) is 5.10 Å². The van der Waals surface area contributed by atoms with Crippen LogP contribution in [0.15, 0.2) is 41.7 Å². The molecule has 10 heteroatoms. The van der Waals surface area contributed by atoms with E-state index < -0.39 is 29.2 Å². The van der Waals surface area contributed by atoms with Crippen LogP contribution in [0, 0.1) is 0 Å². The first-order chi connectivity index (χ1) is 12.3. The Morgan fingerprint density at radius 1 is 1.31 bits per heavy atom. The molecule has 1 unspecified atom stereocenters. The lowest BCUT2D eigenvalue weighted by Crippen LogP contribution is -2.26. The molecule has 1 aliphatic rings. The average molecular weight is 368 g/mol. The van der Waals surface area contributed by atoms with Crippen LogP contribution in [-0.4, -0.2) is 34.4 Å². The minimum atomic E-state index is -4.72. The number of nitrogens with two attached hydrogens (primary N) is 1. The van der Waals surface area contributed by atoms with Gasteiger partial charge in [0.2, 0.25) is 11.9 Å². The molecule has 138 valence electrons. The Labute approximate surface area is 146 Å². The third kappa shape index (κ3) is 3.63. The summed E-state index contributed by atoms with van der Waals surface area (Å²) in [6, 6.07) is 5.20. The number of H-pyrrole nitrogens is 1.